The van der Waals surface area contributed by atoms with Gasteiger partial charge in [0.05, 0.1) is 23.6 Å². The zero-order chi connectivity index (χ0) is 18.5. The Bertz CT molecular complexity index is 967. The van der Waals surface area contributed by atoms with Crippen LogP contribution in [0.3, 0.4) is 0 Å². The van der Waals surface area contributed by atoms with E-state index in [0.29, 0.717) is 6.04 Å². The van der Waals surface area contributed by atoms with E-state index in [4.69, 9.17) is 21.7 Å². The lowest BCUT2D eigenvalue weighted by atomic mass is 9.96. The van der Waals surface area contributed by atoms with E-state index in [1.54, 1.807) is 23.7 Å². The molecule has 1 fully saturated rings. The third kappa shape index (κ3) is 4.54. The van der Waals surface area contributed by atoms with Crippen LogP contribution in [0.15, 0.2) is 64.1 Å². The van der Waals surface area contributed by atoms with E-state index in [1.165, 1.54) is 19.3 Å². The van der Waals surface area contributed by atoms with Crippen LogP contribution in [0.4, 0.5) is 0 Å². The van der Waals surface area contributed by atoms with Crippen molar-refractivity contribution < 1.29 is 0 Å². The standard InChI is InChI=1S/C21H21ClN4S/c22-17-11-9-16(10-12-17)20-15-27-21(25-18-6-2-1-3-7-18)26(20)24-14-19-8-4-5-13-23-19/h4-5,8-15,18H,1-3,6-7H2. The van der Waals surface area contributed by atoms with Crippen molar-refractivity contribution in [2.75, 3.05) is 0 Å². The zero-order valence-corrected chi connectivity index (χ0v) is 16.5. The molecule has 1 saturated carbocycles. The number of hydrogen-bond donors (Lipinski definition) is 0. The van der Waals surface area contributed by atoms with Crippen molar-refractivity contribution in [1.29, 1.82) is 0 Å². The summed E-state index contributed by atoms with van der Waals surface area (Å²) in [5.74, 6) is 0. The number of pyridine rings is 1. The molecule has 0 radical (unpaired) electrons. The Morgan fingerprint density at radius 2 is 1.89 bits per heavy atom. The van der Waals surface area contributed by atoms with Gasteiger partial charge in [-0.25, -0.2) is 4.68 Å². The van der Waals surface area contributed by atoms with Crippen molar-refractivity contribution in [3.8, 4) is 11.3 Å². The fourth-order valence-electron chi connectivity index (χ4n) is 3.25. The van der Waals surface area contributed by atoms with Crippen LogP contribution in [-0.4, -0.2) is 21.9 Å². The Kier molecular flexibility index (Phi) is 5.80. The van der Waals surface area contributed by atoms with Gasteiger partial charge in [-0.2, -0.15) is 5.10 Å². The fourth-order valence-corrected chi connectivity index (χ4v) is 4.29. The maximum absolute atomic E-state index is 6.05. The number of halogens is 1. The van der Waals surface area contributed by atoms with Crippen molar-refractivity contribution in [2.24, 2.45) is 10.1 Å². The van der Waals surface area contributed by atoms with Crippen LogP contribution in [0.25, 0.3) is 11.3 Å². The molecule has 4 nitrogen and oxygen atoms in total. The predicted molar refractivity (Wildman–Crippen MR) is 112 cm³/mol. The minimum Gasteiger partial charge on any atom is -0.255 e. The SMILES string of the molecule is Clc1ccc(-c2csc(=NC3CCCCC3)n2N=Cc2ccccn2)cc1. The minimum atomic E-state index is 0.395. The van der Waals surface area contributed by atoms with Gasteiger partial charge in [-0.1, -0.05) is 49.1 Å². The Hall–Kier alpha value is -2.24. The lowest BCUT2D eigenvalue weighted by molar-refractivity contribution is 0.435. The summed E-state index contributed by atoms with van der Waals surface area (Å²) in [6, 6.07) is 14.0. The van der Waals surface area contributed by atoms with Crippen LogP contribution in [0.5, 0.6) is 0 Å². The number of benzene rings is 1. The zero-order valence-electron chi connectivity index (χ0n) is 15.0. The molecule has 4 rings (SSSR count). The molecule has 2 heterocycles. The lowest BCUT2D eigenvalue weighted by Gasteiger charge is -2.16. The molecule has 0 atom stereocenters. The van der Waals surface area contributed by atoms with E-state index in [0.717, 1.165) is 39.6 Å². The van der Waals surface area contributed by atoms with Gasteiger partial charge in [-0.15, -0.1) is 11.3 Å². The van der Waals surface area contributed by atoms with Crippen LogP contribution in [-0.2, 0) is 0 Å². The molecule has 0 bridgehead atoms. The van der Waals surface area contributed by atoms with Gasteiger partial charge in [-0.3, -0.25) is 9.98 Å². The molecule has 0 N–H and O–H groups in total. The quantitative estimate of drug-likeness (QED) is 0.546. The highest BCUT2D eigenvalue weighted by Crippen LogP contribution is 2.23. The molecule has 6 heteroatoms. The largest absolute Gasteiger partial charge is 0.255 e. The maximum atomic E-state index is 6.05. The molecule has 2 aromatic heterocycles. The topological polar surface area (TPSA) is 42.5 Å². The first-order chi connectivity index (χ1) is 13.3. The lowest BCUT2D eigenvalue weighted by Crippen LogP contribution is -2.19. The van der Waals surface area contributed by atoms with Crippen molar-refractivity contribution in [2.45, 2.75) is 38.1 Å². The van der Waals surface area contributed by atoms with Crippen LogP contribution in [0, 0.1) is 0 Å². The maximum Gasteiger partial charge on any atom is 0.206 e. The second kappa shape index (κ2) is 8.63. The summed E-state index contributed by atoms with van der Waals surface area (Å²) in [7, 11) is 0. The summed E-state index contributed by atoms with van der Waals surface area (Å²) >= 11 is 7.69. The molecule has 1 aliphatic carbocycles. The molecule has 1 aliphatic rings. The summed E-state index contributed by atoms with van der Waals surface area (Å²) in [6.45, 7) is 0. The van der Waals surface area contributed by atoms with Crippen LogP contribution in [0.2, 0.25) is 5.02 Å². The second-order valence-electron chi connectivity index (χ2n) is 6.64. The summed E-state index contributed by atoms with van der Waals surface area (Å²) < 4.78 is 1.93. The summed E-state index contributed by atoms with van der Waals surface area (Å²) in [6.07, 6.45) is 9.74. The van der Waals surface area contributed by atoms with E-state index in [1.807, 2.05) is 47.1 Å². The van der Waals surface area contributed by atoms with Crippen molar-refractivity contribution >= 4 is 29.2 Å². The third-order valence-corrected chi connectivity index (χ3v) is 5.77. The second-order valence-corrected chi connectivity index (χ2v) is 7.92. The summed E-state index contributed by atoms with van der Waals surface area (Å²) in [5, 5.41) is 7.55. The van der Waals surface area contributed by atoms with Crippen molar-refractivity contribution in [1.82, 2.24) is 9.66 Å². The minimum absolute atomic E-state index is 0.395. The highest BCUT2D eigenvalue weighted by Gasteiger charge is 2.14. The molecule has 0 unspecified atom stereocenters. The Morgan fingerprint density at radius 3 is 2.63 bits per heavy atom. The molecule has 0 spiro atoms. The first-order valence-corrected chi connectivity index (χ1v) is 10.5. The van der Waals surface area contributed by atoms with Gasteiger partial charge in [0.25, 0.3) is 0 Å². The average molecular weight is 397 g/mol. The molecule has 0 amide bonds. The molecule has 0 aliphatic heterocycles. The van der Waals surface area contributed by atoms with Gasteiger partial charge in [0.1, 0.15) is 0 Å². The van der Waals surface area contributed by atoms with Crippen LogP contribution < -0.4 is 4.80 Å². The first-order valence-electron chi connectivity index (χ1n) is 9.25. The highest BCUT2D eigenvalue weighted by molar-refractivity contribution is 7.07. The molecule has 0 saturated heterocycles. The van der Waals surface area contributed by atoms with E-state index < -0.39 is 0 Å². The summed E-state index contributed by atoms with van der Waals surface area (Å²) in [4.78, 5) is 10.3. The molecule has 1 aromatic carbocycles. The molecule has 27 heavy (non-hydrogen) atoms. The smallest absolute Gasteiger partial charge is 0.206 e. The van der Waals surface area contributed by atoms with Gasteiger partial charge in [-0.05, 0) is 37.1 Å². The molecule has 3 aromatic rings. The average Bonchev–Trinajstić information content (AvgIpc) is 3.11. The fraction of sp³-hybridized carbons (Fsp3) is 0.286. The normalized spacial score (nSPS) is 16.3. The number of nitrogens with zero attached hydrogens (tertiary/aromatic N) is 4. The predicted octanol–water partition coefficient (Wildman–Crippen LogP) is 5.38. The molecular formula is C21H21ClN4S. The number of aromatic nitrogens is 2. The van der Waals surface area contributed by atoms with E-state index >= 15 is 0 Å². The van der Waals surface area contributed by atoms with E-state index in [-0.39, 0.29) is 0 Å². The Balaban J connectivity index is 1.76. The summed E-state index contributed by atoms with van der Waals surface area (Å²) in [5.41, 5.74) is 2.90. The molecular weight excluding hydrogens is 376 g/mol. The van der Waals surface area contributed by atoms with Gasteiger partial charge in [0.2, 0.25) is 4.80 Å². The number of thiazole rings is 1. The highest BCUT2D eigenvalue weighted by atomic mass is 35.5. The Labute approximate surface area is 167 Å². The number of rotatable bonds is 4. The monoisotopic (exact) mass is 396 g/mol. The third-order valence-electron chi connectivity index (χ3n) is 4.69. The van der Waals surface area contributed by atoms with E-state index in [2.05, 4.69) is 10.4 Å². The van der Waals surface area contributed by atoms with Crippen LogP contribution in [0.1, 0.15) is 37.8 Å². The van der Waals surface area contributed by atoms with Gasteiger partial charge < -0.3 is 0 Å². The number of hydrogen-bond acceptors (Lipinski definition) is 4. The van der Waals surface area contributed by atoms with Gasteiger partial charge in [0.15, 0.2) is 0 Å². The van der Waals surface area contributed by atoms with Gasteiger partial charge in [0, 0.05) is 22.2 Å². The van der Waals surface area contributed by atoms with Gasteiger partial charge >= 0.3 is 0 Å². The van der Waals surface area contributed by atoms with E-state index in [9.17, 15) is 0 Å². The Morgan fingerprint density at radius 1 is 1.07 bits per heavy atom. The van der Waals surface area contributed by atoms with Crippen LogP contribution >= 0.6 is 22.9 Å². The van der Waals surface area contributed by atoms with Crippen molar-refractivity contribution in [3.05, 3.63) is 69.6 Å². The first kappa shape index (κ1) is 18.1. The van der Waals surface area contributed by atoms with Crippen molar-refractivity contribution in [3.63, 3.8) is 0 Å². The molecule has 138 valence electrons.